The van der Waals surface area contributed by atoms with Gasteiger partial charge in [0, 0.05) is 75.8 Å². The van der Waals surface area contributed by atoms with E-state index in [0.717, 1.165) is 57.5 Å². The van der Waals surface area contributed by atoms with E-state index >= 15 is 0 Å². The van der Waals surface area contributed by atoms with Crippen molar-refractivity contribution in [1.82, 2.24) is 28.9 Å². The van der Waals surface area contributed by atoms with Crippen molar-refractivity contribution in [3.8, 4) is 17.1 Å². The summed E-state index contributed by atoms with van der Waals surface area (Å²) in [6.45, 7) is 1.16. The van der Waals surface area contributed by atoms with Crippen LogP contribution in [0.25, 0.3) is 22.6 Å². The minimum atomic E-state index is 0.538. The number of rotatable bonds is 10. The average molecular weight is 508 g/mol. The van der Waals surface area contributed by atoms with Crippen molar-refractivity contribution < 1.29 is 4.74 Å². The van der Waals surface area contributed by atoms with Crippen molar-refractivity contribution in [3.05, 3.63) is 96.7 Å². The number of nitrogens with zero attached hydrogens (tertiary/aromatic N) is 7. The number of hydrogen-bond donors (Lipinski definition) is 2. The second-order valence-corrected chi connectivity index (χ2v) is 8.64. The van der Waals surface area contributed by atoms with E-state index in [-0.39, 0.29) is 0 Å². The second kappa shape index (κ2) is 11.4. The van der Waals surface area contributed by atoms with Gasteiger partial charge in [0.05, 0.1) is 24.2 Å². The number of allylic oxidation sites excluding steroid dienone is 1. The maximum Gasteiger partial charge on any atom is 0.140 e. The molecule has 1 aromatic carbocycles. The minimum Gasteiger partial charge on any atom is -0.493 e. The van der Waals surface area contributed by atoms with E-state index < -0.39 is 0 Å². The Hall–Kier alpha value is -4.99. The largest absolute Gasteiger partial charge is 0.493 e. The molecule has 0 radical (unpaired) electrons. The normalized spacial score (nSPS) is 11.9. The zero-order chi connectivity index (χ0) is 26.3. The Balaban J connectivity index is 1.24. The number of anilines is 1. The Morgan fingerprint density at radius 3 is 2.71 bits per heavy atom. The van der Waals surface area contributed by atoms with Gasteiger partial charge in [0.2, 0.25) is 0 Å². The van der Waals surface area contributed by atoms with E-state index in [1.54, 1.807) is 38.2 Å². The van der Waals surface area contributed by atoms with Crippen LogP contribution in [0.15, 0.2) is 84.8 Å². The molecule has 0 unspecified atom stereocenters. The van der Waals surface area contributed by atoms with E-state index in [0.29, 0.717) is 13.2 Å². The first kappa shape index (κ1) is 24.7. The van der Waals surface area contributed by atoms with Gasteiger partial charge in [0.15, 0.2) is 0 Å². The molecule has 4 aromatic heterocycles. The van der Waals surface area contributed by atoms with E-state index in [2.05, 4.69) is 42.4 Å². The van der Waals surface area contributed by atoms with Gasteiger partial charge in [-0.25, -0.2) is 19.9 Å². The molecule has 5 aromatic rings. The van der Waals surface area contributed by atoms with Gasteiger partial charge in [-0.2, -0.15) is 0 Å². The summed E-state index contributed by atoms with van der Waals surface area (Å²) >= 11 is 0. The molecule has 0 amide bonds. The fourth-order valence-corrected chi connectivity index (χ4v) is 4.09. The van der Waals surface area contributed by atoms with E-state index in [9.17, 15) is 0 Å². The van der Waals surface area contributed by atoms with Crippen molar-refractivity contribution in [2.45, 2.75) is 13.0 Å². The molecule has 0 aliphatic carbocycles. The Morgan fingerprint density at radius 2 is 1.95 bits per heavy atom. The van der Waals surface area contributed by atoms with Crippen LogP contribution in [0.5, 0.6) is 5.75 Å². The first-order chi connectivity index (χ1) is 18.6. The lowest BCUT2D eigenvalue weighted by Gasteiger charge is -2.09. The molecule has 4 heterocycles. The van der Waals surface area contributed by atoms with Crippen LogP contribution < -0.4 is 15.8 Å². The molecule has 0 spiro atoms. The lowest BCUT2D eigenvalue weighted by Crippen LogP contribution is -2.06. The number of aromatic nitrogens is 6. The molecular weight excluding hydrogens is 478 g/mol. The summed E-state index contributed by atoms with van der Waals surface area (Å²) in [5.74, 6) is 2.47. The number of nitrogens with two attached hydrogens (primary N) is 1. The summed E-state index contributed by atoms with van der Waals surface area (Å²) < 4.78 is 9.91. The Labute approximate surface area is 220 Å². The molecule has 0 saturated heterocycles. The van der Waals surface area contributed by atoms with Gasteiger partial charge in [0.25, 0.3) is 0 Å². The van der Waals surface area contributed by atoms with Gasteiger partial charge in [-0.1, -0.05) is 24.3 Å². The smallest absolute Gasteiger partial charge is 0.140 e. The molecule has 3 N–H and O–H groups in total. The van der Waals surface area contributed by atoms with Crippen LogP contribution in [0.4, 0.5) is 5.82 Å². The third-order valence-corrected chi connectivity index (χ3v) is 6.14. The highest BCUT2D eigenvalue weighted by atomic mass is 16.5. The number of hydrogen-bond acceptors (Lipinski definition) is 8. The highest BCUT2D eigenvalue weighted by molar-refractivity contribution is 6.09. The molecule has 0 fully saturated rings. The molecule has 0 bridgehead atoms. The lowest BCUT2D eigenvalue weighted by molar-refractivity contribution is 0.317. The van der Waals surface area contributed by atoms with Crippen molar-refractivity contribution in [2.75, 3.05) is 19.0 Å². The highest BCUT2D eigenvalue weighted by Gasteiger charge is 2.10. The van der Waals surface area contributed by atoms with Gasteiger partial charge in [-0.3, -0.25) is 9.39 Å². The van der Waals surface area contributed by atoms with Gasteiger partial charge >= 0.3 is 0 Å². The maximum atomic E-state index is 5.93. The molecule has 0 saturated carbocycles. The van der Waals surface area contributed by atoms with Gasteiger partial charge in [-0.05, 0) is 17.2 Å². The molecule has 192 valence electrons. The molecule has 5 rings (SSSR count). The van der Waals surface area contributed by atoms with Crippen LogP contribution in [0.2, 0.25) is 0 Å². The van der Waals surface area contributed by atoms with Crippen LogP contribution in [0, 0.1) is 0 Å². The number of aryl methyl sites for hydroxylation is 1. The number of ether oxygens (including phenoxy) is 1. The standard InChI is InChI=1S/C28H29N9O/c1-30-17-22(15-29)21-5-3-20(4-6-21)16-32-26-14-24(34-19-35-26)25-18-33-28-13-23(7-10-37(25)28)38-12-8-27-31-9-11-36(27)2/h3-7,9-11,13-15,17-19H,8,12,16,29H2,1-2H3,(H,32,34,35)/b22-15+,30-17?. The number of pyridine rings is 1. The Bertz CT molecular complexity index is 1580. The SMILES string of the molecule is CN=C/C(=C\N)c1ccc(CNc2cc(-c3cnc4cc(OCCc5nccn5C)ccn34)ncn2)cc1. The predicted molar refractivity (Wildman–Crippen MR) is 149 cm³/mol. The van der Waals surface area contributed by atoms with Crippen LogP contribution >= 0.6 is 0 Å². The zero-order valence-corrected chi connectivity index (χ0v) is 21.3. The number of imidazole rings is 2. The van der Waals surface area contributed by atoms with Crippen molar-refractivity contribution >= 4 is 23.3 Å². The predicted octanol–water partition coefficient (Wildman–Crippen LogP) is 3.76. The fraction of sp³-hybridized carbons (Fsp3) is 0.179. The lowest BCUT2D eigenvalue weighted by atomic mass is 10.1. The van der Waals surface area contributed by atoms with E-state index in [1.165, 1.54) is 0 Å². The van der Waals surface area contributed by atoms with Crippen LogP contribution in [0.3, 0.4) is 0 Å². The zero-order valence-electron chi connectivity index (χ0n) is 21.3. The topological polar surface area (TPSA) is 121 Å². The summed E-state index contributed by atoms with van der Waals surface area (Å²) in [5.41, 5.74) is 11.1. The third-order valence-electron chi connectivity index (χ3n) is 6.14. The van der Waals surface area contributed by atoms with Gasteiger partial charge in [0.1, 0.15) is 29.4 Å². The summed E-state index contributed by atoms with van der Waals surface area (Å²) in [4.78, 5) is 21.8. The second-order valence-electron chi connectivity index (χ2n) is 8.64. The van der Waals surface area contributed by atoms with Crippen molar-refractivity contribution in [2.24, 2.45) is 17.8 Å². The van der Waals surface area contributed by atoms with Crippen LogP contribution in [-0.4, -0.2) is 48.8 Å². The summed E-state index contributed by atoms with van der Waals surface area (Å²) in [7, 11) is 3.70. The molecule has 0 atom stereocenters. The van der Waals surface area contributed by atoms with E-state index in [1.807, 2.05) is 58.7 Å². The first-order valence-electron chi connectivity index (χ1n) is 12.2. The summed E-state index contributed by atoms with van der Waals surface area (Å²) in [6.07, 6.45) is 13.1. The molecule has 10 heteroatoms. The average Bonchev–Trinajstić information content (AvgIpc) is 3.56. The molecule has 10 nitrogen and oxygen atoms in total. The number of aliphatic imine (C=N–C) groups is 1. The molecular formula is C28H29N9O. The monoisotopic (exact) mass is 507 g/mol. The molecule has 0 aliphatic rings. The summed E-state index contributed by atoms with van der Waals surface area (Å²) in [5, 5.41) is 3.37. The third kappa shape index (κ3) is 5.54. The first-order valence-corrected chi connectivity index (χ1v) is 12.2. The number of benzene rings is 1. The molecule has 38 heavy (non-hydrogen) atoms. The Morgan fingerprint density at radius 1 is 1.08 bits per heavy atom. The van der Waals surface area contributed by atoms with Crippen molar-refractivity contribution in [1.29, 1.82) is 0 Å². The van der Waals surface area contributed by atoms with Crippen LogP contribution in [0.1, 0.15) is 17.0 Å². The fourth-order valence-electron chi connectivity index (χ4n) is 4.09. The Kier molecular flexibility index (Phi) is 7.39. The minimum absolute atomic E-state index is 0.538. The van der Waals surface area contributed by atoms with Gasteiger partial charge < -0.3 is 20.4 Å². The van der Waals surface area contributed by atoms with Crippen molar-refractivity contribution in [3.63, 3.8) is 0 Å². The number of fused-ring (bicyclic) bond motifs is 1. The quantitative estimate of drug-likeness (QED) is 0.276. The number of nitrogens with one attached hydrogen (secondary N) is 1. The highest BCUT2D eigenvalue weighted by Crippen LogP contribution is 2.23. The van der Waals surface area contributed by atoms with E-state index in [4.69, 9.17) is 10.5 Å². The summed E-state index contributed by atoms with van der Waals surface area (Å²) in [6, 6.07) is 13.9. The van der Waals surface area contributed by atoms with Crippen LogP contribution in [-0.2, 0) is 20.0 Å². The molecule has 0 aliphatic heterocycles. The maximum absolute atomic E-state index is 5.93. The van der Waals surface area contributed by atoms with Gasteiger partial charge in [-0.15, -0.1) is 0 Å².